The molecule has 1 aliphatic heterocycles. The Morgan fingerprint density at radius 3 is 2.33 bits per heavy atom. The standard InChI is InChI=1S/C16H16NO3P/c1-10-4-6-12-14(8-10)20-15-9-11(17(2)3)5-7-13(15)16(12)21(18)19/h4-9,16H,1-3H3/p+1. The van der Waals surface area contributed by atoms with Gasteiger partial charge in [-0.05, 0) is 41.3 Å². The average Bonchev–Trinajstić information content (AvgIpc) is 2.43. The van der Waals surface area contributed by atoms with Crippen molar-refractivity contribution >= 4 is 13.7 Å². The quantitative estimate of drug-likeness (QED) is 0.852. The largest absolute Gasteiger partial charge is 0.518 e. The first kappa shape index (κ1) is 14.1. The van der Waals surface area contributed by atoms with E-state index >= 15 is 0 Å². The summed E-state index contributed by atoms with van der Waals surface area (Å²) in [6, 6.07) is 11.4. The number of hydrogen-bond donors (Lipinski definition) is 1. The second-order valence-electron chi connectivity index (χ2n) is 5.46. The molecule has 0 bridgehead atoms. The summed E-state index contributed by atoms with van der Waals surface area (Å²) in [7, 11) is 1.53. The summed E-state index contributed by atoms with van der Waals surface area (Å²) in [4.78, 5) is 11.7. The lowest BCUT2D eigenvalue weighted by atomic mass is 9.98. The summed E-state index contributed by atoms with van der Waals surface area (Å²) < 4.78 is 17.8. The van der Waals surface area contributed by atoms with Crippen molar-refractivity contribution < 1.29 is 14.2 Å². The molecule has 0 aliphatic carbocycles. The van der Waals surface area contributed by atoms with E-state index in [1.165, 1.54) is 0 Å². The van der Waals surface area contributed by atoms with Gasteiger partial charge in [0.15, 0.2) is 0 Å². The van der Waals surface area contributed by atoms with Crippen LogP contribution in [0, 0.1) is 6.92 Å². The third-order valence-corrected chi connectivity index (χ3v) is 4.71. The number of aryl methyl sites for hydroxylation is 1. The molecule has 4 nitrogen and oxygen atoms in total. The molecule has 2 atom stereocenters. The van der Waals surface area contributed by atoms with Gasteiger partial charge in [0.25, 0.3) is 0 Å². The number of benzene rings is 2. The number of anilines is 1. The van der Waals surface area contributed by atoms with Gasteiger partial charge in [-0.25, -0.2) is 0 Å². The van der Waals surface area contributed by atoms with Crippen molar-refractivity contribution in [2.75, 3.05) is 19.0 Å². The lowest BCUT2D eigenvalue weighted by Crippen LogP contribution is -2.12. The number of fused-ring (bicyclic) bond motifs is 2. The van der Waals surface area contributed by atoms with Crippen LogP contribution in [-0.2, 0) is 4.57 Å². The van der Waals surface area contributed by atoms with Gasteiger partial charge >= 0.3 is 8.03 Å². The van der Waals surface area contributed by atoms with Gasteiger partial charge in [0, 0.05) is 25.8 Å². The maximum atomic E-state index is 11.9. The monoisotopic (exact) mass is 302 g/mol. The molecule has 3 rings (SSSR count). The van der Waals surface area contributed by atoms with E-state index in [2.05, 4.69) is 0 Å². The molecule has 108 valence electrons. The Kier molecular flexibility index (Phi) is 3.44. The van der Waals surface area contributed by atoms with E-state index in [0.29, 0.717) is 11.5 Å². The molecule has 21 heavy (non-hydrogen) atoms. The molecule has 2 aromatic rings. The minimum absolute atomic E-state index is 0.532. The van der Waals surface area contributed by atoms with Crippen molar-refractivity contribution in [2.45, 2.75) is 12.6 Å². The van der Waals surface area contributed by atoms with Crippen LogP contribution in [-0.4, -0.2) is 19.0 Å². The fourth-order valence-corrected chi connectivity index (χ4v) is 3.50. The van der Waals surface area contributed by atoms with Crippen LogP contribution in [0.5, 0.6) is 11.5 Å². The first-order valence-corrected chi connectivity index (χ1v) is 8.00. The Labute approximate surface area is 124 Å². The van der Waals surface area contributed by atoms with E-state index in [1.54, 1.807) is 0 Å². The van der Waals surface area contributed by atoms with Crippen LogP contribution in [0.2, 0.25) is 0 Å². The fourth-order valence-electron chi connectivity index (χ4n) is 2.60. The van der Waals surface area contributed by atoms with Gasteiger partial charge < -0.3 is 9.64 Å². The first-order valence-electron chi connectivity index (χ1n) is 6.72. The summed E-state index contributed by atoms with van der Waals surface area (Å²) in [5, 5.41) is 0. The van der Waals surface area contributed by atoms with Crippen molar-refractivity contribution in [1.29, 1.82) is 0 Å². The van der Waals surface area contributed by atoms with Crippen LogP contribution in [0.1, 0.15) is 22.3 Å². The minimum atomic E-state index is -2.37. The van der Waals surface area contributed by atoms with E-state index in [0.717, 1.165) is 22.4 Å². The number of rotatable bonds is 2. The zero-order valence-corrected chi connectivity index (χ0v) is 13.1. The molecule has 2 aromatic carbocycles. The van der Waals surface area contributed by atoms with E-state index in [4.69, 9.17) is 4.74 Å². The van der Waals surface area contributed by atoms with Crippen LogP contribution >= 0.6 is 8.03 Å². The van der Waals surface area contributed by atoms with Crippen molar-refractivity contribution in [3.8, 4) is 11.5 Å². The van der Waals surface area contributed by atoms with Crippen LogP contribution in [0.3, 0.4) is 0 Å². The summed E-state index contributed by atoms with van der Waals surface area (Å²) in [6.07, 6.45) is 0. The van der Waals surface area contributed by atoms with Gasteiger partial charge in [-0.2, -0.15) is 4.89 Å². The Morgan fingerprint density at radius 2 is 1.71 bits per heavy atom. The smallest absolute Gasteiger partial charge is 0.456 e. The molecule has 0 saturated carbocycles. The average molecular weight is 302 g/mol. The highest BCUT2D eigenvalue weighted by molar-refractivity contribution is 7.38. The summed E-state index contributed by atoms with van der Waals surface area (Å²) >= 11 is 0. The molecular weight excluding hydrogens is 285 g/mol. The molecule has 0 fully saturated rings. The second kappa shape index (κ2) is 5.14. The van der Waals surface area contributed by atoms with Crippen LogP contribution < -0.4 is 9.64 Å². The summed E-state index contributed by atoms with van der Waals surface area (Å²) in [5.74, 6) is 1.32. The highest BCUT2D eigenvalue weighted by atomic mass is 31.1. The molecule has 1 N–H and O–H groups in total. The van der Waals surface area contributed by atoms with Crippen molar-refractivity contribution in [3.63, 3.8) is 0 Å². The predicted octanol–water partition coefficient (Wildman–Crippen LogP) is 3.99. The van der Waals surface area contributed by atoms with E-state index < -0.39 is 13.7 Å². The topological polar surface area (TPSA) is 49.8 Å². The number of nitrogens with zero attached hydrogens (tertiary/aromatic N) is 1. The molecule has 0 amide bonds. The zero-order chi connectivity index (χ0) is 15.1. The molecule has 2 unspecified atom stereocenters. The SMILES string of the molecule is Cc1ccc2c(c1)Oc1cc(N(C)C)ccc1C2[P+](=O)O. The highest BCUT2D eigenvalue weighted by Gasteiger charge is 2.41. The highest BCUT2D eigenvalue weighted by Crippen LogP contribution is 2.54. The Morgan fingerprint density at radius 1 is 1.10 bits per heavy atom. The van der Waals surface area contributed by atoms with Crippen LogP contribution in [0.15, 0.2) is 36.4 Å². The Balaban J connectivity index is 2.18. The zero-order valence-electron chi connectivity index (χ0n) is 12.2. The molecule has 1 heterocycles. The van der Waals surface area contributed by atoms with Gasteiger partial charge in [0.1, 0.15) is 11.5 Å². The minimum Gasteiger partial charge on any atom is -0.456 e. The van der Waals surface area contributed by atoms with E-state index in [1.807, 2.05) is 62.3 Å². The Hall–Kier alpha value is -1.90. The molecule has 5 heteroatoms. The summed E-state index contributed by atoms with van der Waals surface area (Å²) in [5.41, 5.74) is 3.06. The maximum Gasteiger partial charge on any atom is 0.518 e. The van der Waals surface area contributed by atoms with Gasteiger partial charge in [0.05, 0.1) is 11.1 Å². The molecule has 0 saturated heterocycles. The lowest BCUT2D eigenvalue weighted by molar-refractivity contribution is 0.446. The maximum absolute atomic E-state index is 11.9. The van der Waals surface area contributed by atoms with Crippen molar-refractivity contribution in [3.05, 3.63) is 53.1 Å². The van der Waals surface area contributed by atoms with Gasteiger partial charge in [-0.3, -0.25) is 0 Å². The molecule has 0 spiro atoms. The third-order valence-electron chi connectivity index (χ3n) is 3.71. The Bertz CT molecular complexity index is 727. The predicted molar refractivity (Wildman–Crippen MR) is 83.7 cm³/mol. The molecule has 0 radical (unpaired) electrons. The van der Waals surface area contributed by atoms with Gasteiger partial charge in [-0.1, -0.05) is 6.07 Å². The van der Waals surface area contributed by atoms with E-state index in [-0.39, 0.29) is 0 Å². The number of hydrogen-bond acceptors (Lipinski definition) is 3. The van der Waals surface area contributed by atoms with Crippen LogP contribution in [0.25, 0.3) is 0 Å². The van der Waals surface area contributed by atoms with E-state index in [9.17, 15) is 9.46 Å². The molecule has 1 aliphatic rings. The van der Waals surface area contributed by atoms with Gasteiger partial charge in [0.2, 0.25) is 5.66 Å². The van der Waals surface area contributed by atoms with Crippen molar-refractivity contribution in [2.24, 2.45) is 0 Å². The number of ether oxygens (including phenoxy) is 1. The first-order chi connectivity index (χ1) is 9.97. The molecular formula is C16H17NO3P+. The van der Waals surface area contributed by atoms with Crippen molar-refractivity contribution in [1.82, 2.24) is 0 Å². The second-order valence-corrected chi connectivity index (χ2v) is 6.59. The lowest BCUT2D eigenvalue weighted by Gasteiger charge is -2.23. The summed E-state index contributed by atoms with van der Waals surface area (Å²) in [6.45, 7) is 1.98. The van der Waals surface area contributed by atoms with Crippen LogP contribution in [0.4, 0.5) is 5.69 Å². The normalized spacial score (nSPS) is 16.6. The van der Waals surface area contributed by atoms with Gasteiger partial charge in [-0.15, -0.1) is 0 Å². The molecule has 0 aromatic heterocycles. The third kappa shape index (κ3) is 2.41. The fraction of sp³-hybridized carbons (Fsp3) is 0.250.